The van der Waals surface area contributed by atoms with Gasteiger partial charge in [0.2, 0.25) is 0 Å². The summed E-state index contributed by atoms with van der Waals surface area (Å²) in [7, 11) is 1.34. The van der Waals surface area contributed by atoms with Crippen molar-refractivity contribution in [3.63, 3.8) is 0 Å². The number of carbonyl (C=O) groups excluding carboxylic acids is 2. The van der Waals surface area contributed by atoms with E-state index in [4.69, 9.17) is 20.8 Å². The number of esters is 1. The van der Waals surface area contributed by atoms with Gasteiger partial charge < -0.3 is 18.8 Å². The van der Waals surface area contributed by atoms with Crippen LogP contribution >= 0.6 is 11.6 Å². The predicted molar refractivity (Wildman–Crippen MR) is 123 cm³/mol. The number of hydrogen-bond donors (Lipinski definition) is 0. The Balaban J connectivity index is 1.26. The van der Waals surface area contributed by atoms with Gasteiger partial charge in [-0.2, -0.15) is 0 Å². The number of halogens is 1. The zero-order chi connectivity index (χ0) is 23.2. The van der Waals surface area contributed by atoms with Gasteiger partial charge in [0, 0.05) is 37.7 Å². The lowest BCUT2D eigenvalue weighted by Gasteiger charge is -2.34. The highest BCUT2D eigenvalue weighted by Gasteiger charge is 2.24. The Kier molecular flexibility index (Phi) is 7.32. The van der Waals surface area contributed by atoms with Gasteiger partial charge in [-0.1, -0.05) is 23.7 Å². The SMILES string of the molecule is COC(=O)c1ccc(OCc2ccc(C(=O)N3CCN(Cc4cccc(Cl)c4)CC3)o2)cc1. The van der Waals surface area contributed by atoms with Crippen LogP contribution in [0.5, 0.6) is 5.75 Å². The topological polar surface area (TPSA) is 72.2 Å². The number of methoxy groups -OCH3 is 1. The van der Waals surface area contributed by atoms with Crippen LogP contribution in [0.15, 0.2) is 65.1 Å². The van der Waals surface area contributed by atoms with Gasteiger partial charge in [-0.15, -0.1) is 0 Å². The largest absolute Gasteiger partial charge is 0.486 e. The van der Waals surface area contributed by atoms with Crippen molar-refractivity contribution in [2.75, 3.05) is 33.3 Å². The van der Waals surface area contributed by atoms with Gasteiger partial charge in [0.15, 0.2) is 5.76 Å². The third-order valence-electron chi connectivity index (χ3n) is 5.48. The van der Waals surface area contributed by atoms with Crippen molar-refractivity contribution in [2.24, 2.45) is 0 Å². The number of rotatable bonds is 7. The van der Waals surface area contributed by atoms with Gasteiger partial charge >= 0.3 is 5.97 Å². The average molecular weight is 469 g/mol. The van der Waals surface area contributed by atoms with Crippen LogP contribution in [0.1, 0.15) is 32.2 Å². The van der Waals surface area contributed by atoms with E-state index in [0.29, 0.717) is 35.9 Å². The Bertz CT molecular complexity index is 1100. The number of hydrogen-bond acceptors (Lipinski definition) is 6. The fraction of sp³-hybridized carbons (Fsp3) is 0.280. The lowest BCUT2D eigenvalue weighted by atomic mass is 10.2. The molecule has 2 heterocycles. The molecule has 1 amide bonds. The molecular formula is C25H25ClN2O5. The maximum atomic E-state index is 12.8. The summed E-state index contributed by atoms with van der Waals surface area (Å²) in [4.78, 5) is 28.4. The van der Waals surface area contributed by atoms with Crippen molar-refractivity contribution in [3.8, 4) is 5.75 Å². The highest BCUT2D eigenvalue weighted by molar-refractivity contribution is 6.30. The molecule has 8 heteroatoms. The smallest absolute Gasteiger partial charge is 0.337 e. The maximum Gasteiger partial charge on any atom is 0.337 e. The molecule has 0 aliphatic carbocycles. The molecule has 0 bridgehead atoms. The molecule has 2 aromatic carbocycles. The summed E-state index contributed by atoms with van der Waals surface area (Å²) < 4.78 is 16.1. The molecule has 7 nitrogen and oxygen atoms in total. The standard InChI is InChI=1S/C25H25ClN2O5/c1-31-25(30)19-5-7-21(8-6-19)32-17-22-9-10-23(33-22)24(29)28-13-11-27(12-14-28)16-18-3-2-4-20(26)15-18/h2-10,15H,11-14,16-17H2,1H3. The van der Waals surface area contributed by atoms with E-state index in [1.54, 1.807) is 36.4 Å². The van der Waals surface area contributed by atoms with Crippen LogP contribution in [0.4, 0.5) is 0 Å². The maximum absolute atomic E-state index is 12.8. The van der Waals surface area contributed by atoms with Gasteiger partial charge in [0.1, 0.15) is 18.1 Å². The van der Waals surface area contributed by atoms with Crippen molar-refractivity contribution in [2.45, 2.75) is 13.2 Å². The minimum absolute atomic E-state index is 0.119. The van der Waals surface area contributed by atoms with Gasteiger partial charge in [-0.25, -0.2) is 4.79 Å². The van der Waals surface area contributed by atoms with Crippen LogP contribution < -0.4 is 4.74 Å². The first-order valence-corrected chi connectivity index (χ1v) is 11.1. The Morgan fingerprint density at radius 1 is 1.00 bits per heavy atom. The van der Waals surface area contributed by atoms with Crippen LogP contribution in [-0.2, 0) is 17.9 Å². The summed E-state index contributed by atoms with van der Waals surface area (Å²) in [5.74, 6) is 0.919. The van der Waals surface area contributed by atoms with Crippen molar-refractivity contribution in [1.29, 1.82) is 0 Å². The Labute approximate surface area is 197 Å². The van der Waals surface area contributed by atoms with Gasteiger partial charge in [-0.05, 0) is 54.1 Å². The molecule has 0 atom stereocenters. The molecule has 1 aliphatic rings. The quantitative estimate of drug-likeness (QED) is 0.482. The van der Waals surface area contributed by atoms with Crippen LogP contribution in [0.3, 0.4) is 0 Å². The molecule has 33 heavy (non-hydrogen) atoms. The monoisotopic (exact) mass is 468 g/mol. The predicted octanol–water partition coefficient (Wildman–Crippen LogP) is 4.26. The molecule has 0 radical (unpaired) electrons. The second-order valence-corrected chi connectivity index (χ2v) is 8.21. The zero-order valence-corrected chi connectivity index (χ0v) is 19.1. The molecule has 0 spiro atoms. The van der Waals surface area contributed by atoms with Crippen LogP contribution in [0, 0.1) is 0 Å². The second-order valence-electron chi connectivity index (χ2n) is 7.77. The first-order valence-electron chi connectivity index (χ1n) is 10.7. The van der Waals surface area contributed by atoms with Crippen LogP contribution in [0.2, 0.25) is 5.02 Å². The minimum atomic E-state index is -0.402. The van der Waals surface area contributed by atoms with Crippen molar-refractivity contribution < 1.29 is 23.5 Å². The lowest BCUT2D eigenvalue weighted by Crippen LogP contribution is -2.48. The van der Waals surface area contributed by atoms with Gasteiger partial charge in [-0.3, -0.25) is 9.69 Å². The zero-order valence-electron chi connectivity index (χ0n) is 18.3. The van der Waals surface area contributed by atoms with Crippen molar-refractivity contribution in [3.05, 3.63) is 88.3 Å². The number of ether oxygens (including phenoxy) is 2. The first kappa shape index (κ1) is 22.9. The first-order chi connectivity index (χ1) is 16.0. The van der Waals surface area contributed by atoms with E-state index in [1.807, 2.05) is 23.1 Å². The summed E-state index contributed by atoms with van der Waals surface area (Å²) in [5.41, 5.74) is 1.61. The van der Waals surface area contributed by atoms with Crippen molar-refractivity contribution in [1.82, 2.24) is 9.80 Å². The average Bonchev–Trinajstić information content (AvgIpc) is 3.32. The molecule has 172 valence electrons. The summed E-state index contributed by atoms with van der Waals surface area (Å²) in [5, 5.41) is 0.733. The number of carbonyl (C=O) groups is 2. The molecule has 3 aromatic rings. The van der Waals surface area contributed by atoms with E-state index in [-0.39, 0.29) is 12.5 Å². The Morgan fingerprint density at radius 3 is 2.45 bits per heavy atom. The number of piperazine rings is 1. The molecule has 0 unspecified atom stereocenters. The molecule has 1 aliphatic heterocycles. The van der Waals surface area contributed by atoms with E-state index in [9.17, 15) is 9.59 Å². The fourth-order valence-electron chi connectivity index (χ4n) is 3.69. The third kappa shape index (κ3) is 5.94. The molecular weight excluding hydrogens is 444 g/mol. The summed E-state index contributed by atoms with van der Waals surface area (Å²) in [6, 6.07) is 17.9. The van der Waals surface area contributed by atoms with Crippen LogP contribution in [0.25, 0.3) is 0 Å². The van der Waals surface area contributed by atoms with Gasteiger partial charge in [0.05, 0.1) is 12.7 Å². The van der Waals surface area contributed by atoms with Gasteiger partial charge in [0.25, 0.3) is 5.91 Å². The normalized spacial score (nSPS) is 14.2. The summed E-state index contributed by atoms with van der Waals surface area (Å²) >= 11 is 6.07. The van der Waals surface area contributed by atoms with E-state index in [0.717, 1.165) is 30.2 Å². The summed E-state index contributed by atoms with van der Waals surface area (Å²) in [6.07, 6.45) is 0. The molecule has 4 rings (SSSR count). The van der Waals surface area contributed by atoms with E-state index >= 15 is 0 Å². The van der Waals surface area contributed by atoms with E-state index in [2.05, 4.69) is 15.7 Å². The molecule has 0 N–H and O–H groups in total. The molecule has 1 fully saturated rings. The number of benzene rings is 2. The minimum Gasteiger partial charge on any atom is -0.486 e. The highest BCUT2D eigenvalue weighted by Crippen LogP contribution is 2.18. The Hall–Kier alpha value is -3.29. The third-order valence-corrected chi connectivity index (χ3v) is 5.72. The molecule has 0 saturated carbocycles. The lowest BCUT2D eigenvalue weighted by molar-refractivity contribution is 0.0590. The molecule has 1 aromatic heterocycles. The summed E-state index contributed by atoms with van der Waals surface area (Å²) in [6.45, 7) is 3.84. The number of nitrogens with zero attached hydrogens (tertiary/aromatic N) is 2. The number of furan rings is 1. The second kappa shape index (κ2) is 10.6. The number of amides is 1. The molecule has 1 saturated heterocycles. The highest BCUT2D eigenvalue weighted by atomic mass is 35.5. The van der Waals surface area contributed by atoms with Crippen molar-refractivity contribution >= 4 is 23.5 Å². The van der Waals surface area contributed by atoms with E-state index in [1.165, 1.54) is 7.11 Å². The Morgan fingerprint density at radius 2 is 1.76 bits per heavy atom. The fourth-order valence-corrected chi connectivity index (χ4v) is 3.90. The van der Waals surface area contributed by atoms with E-state index < -0.39 is 5.97 Å². The van der Waals surface area contributed by atoms with Crippen LogP contribution in [-0.4, -0.2) is 55.0 Å².